The molecule has 0 fully saturated rings. The Morgan fingerprint density at radius 1 is 1.41 bits per heavy atom. The molecule has 0 spiro atoms. The standard InChI is InChI=1S/C15H18O2/c1-3-5-12-14(9-4-2)17-15(16)13-10-7-6-8-11-13/h2,6-8,10-11,14H,3,5,9,12H2,1H3/t14-/m1/s1. The van der Waals surface area contributed by atoms with Gasteiger partial charge in [-0.05, 0) is 18.6 Å². The molecule has 1 atom stereocenters. The lowest BCUT2D eigenvalue weighted by molar-refractivity contribution is 0.0289. The number of rotatable bonds is 6. The van der Waals surface area contributed by atoms with Gasteiger partial charge in [-0.15, -0.1) is 12.3 Å². The van der Waals surface area contributed by atoms with Crippen LogP contribution in [-0.4, -0.2) is 12.1 Å². The van der Waals surface area contributed by atoms with Crippen molar-refractivity contribution in [3.63, 3.8) is 0 Å². The number of unbranched alkanes of at least 4 members (excludes halogenated alkanes) is 1. The van der Waals surface area contributed by atoms with E-state index in [1.807, 2.05) is 18.2 Å². The maximum atomic E-state index is 11.8. The maximum Gasteiger partial charge on any atom is 0.338 e. The molecule has 1 aromatic carbocycles. The third kappa shape index (κ3) is 4.74. The topological polar surface area (TPSA) is 26.3 Å². The molecule has 0 bridgehead atoms. The van der Waals surface area contributed by atoms with E-state index in [-0.39, 0.29) is 12.1 Å². The summed E-state index contributed by atoms with van der Waals surface area (Å²) in [5.41, 5.74) is 0.575. The summed E-state index contributed by atoms with van der Waals surface area (Å²) in [6.45, 7) is 2.10. The highest BCUT2D eigenvalue weighted by Gasteiger charge is 2.14. The third-order valence-electron chi connectivity index (χ3n) is 2.51. The molecule has 0 aromatic heterocycles. The summed E-state index contributed by atoms with van der Waals surface area (Å²) in [5.74, 6) is 2.27. The third-order valence-corrected chi connectivity index (χ3v) is 2.51. The van der Waals surface area contributed by atoms with Crippen molar-refractivity contribution >= 4 is 5.97 Å². The predicted octanol–water partition coefficient (Wildman–Crippen LogP) is 3.43. The monoisotopic (exact) mass is 230 g/mol. The molecule has 0 saturated heterocycles. The van der Waals surface area contributed by atoms with Crippen LogP contribution in [0.1, 0.15) is 43.0 Å². The van der Waals surface area contributed by atoms with Gasteiger partial charge in [0, 0.05) is 6.42 Å². The van der Waals surface area contributed by atoms with Gasteiger partial charge in [0.05, 0.1) is 5.56 Å². The largest absolute Gasteiger partial charge is 0.458 e. The number of benzene rings is 1. The van der Waals surface area contributed by atoms with Crippen molar-refractivity contribution in [3.05, 3.63) is 35.9 Å². The van der Waals surface area contributed by atoms with Crippen LogP contribution in [0.15, 0.2) is 30.3 Å². The van der Waals surface area contributed by atoms with Crippen LogP contribution in [0.5, 0.6) is 0 Å². The molecule has 2 nitrogen and oxygen atoms in total. The highest BCUT2D eigenvalue weighted by atomic mass is 16.5. The summed E-state index contributed by atoms with van der Waals surface area (Å²) in [4.78, 5) is 11.8. The van der Waals surface area contributed by atoms with Gasteiger partial charge in [0.1, 0.15) is 6.10 Å². The lowest BCUT2D eigenvalue weighted by atomic mass is 10.1. The van der Waals surface area contributed by atoms with Gasteiger partial charge in [-0.1, -0.05) is 38.0 Å². The van der Waals surface area contributed by atoms with Crippen molar-refractivity contribution in [3.8, 4) is 12.3 Å². The summed E-state index contributed by atoms with van der Waals surface area (Å²) in [6.07, 6.45) is 8.53. The van der Waals surface area contributed by atoms with Crippen LogP contribution < -0.4 is 0 Å². The smallest absolute Gasteiger partial charge is 0.338 e. The van der Waals surface area contributed by atoms with Gasteiger partial charge < -0.3 is 4.74 Å². The highest BCUT2D eigenvalue weighted by molar-refractivity contribution is 5.89. The Labute approximate surface area is 103 Å². The summed E-state index contributed by atoms with van der Waals surface area (Å²) in [7, 11) is 0. The minimum absolute atomic E-state index is 0.160. The fourth-order valence-corrected chi connectivity index (χ4v) is 1.56. The van der Waals surface area contributed by atoms with E-state index in [4.69, 9.17) is 11.2 Å². The molecule has 0 aliphatic heterocycles. The van der Waals surface area contributed by atoms with Crippen molar-refractivity contribution < 1.29 is 9.53 Å². The normalized spacial score (nSPS) is 11.5. The second kappa shape index (κ2) is 7.51. The molecule has 0 unspecified atom stereocenters. The molecule has 0 aliphatic rings. The molecule has 90 valence electrons. The Bertz CT molecular complexity index is 376. The molecule has 0 aliphatic carbocycles. The first-order chi connectivity index (χ1) is 8.27. The molecule has 1 rings (SSSR count). The van der Waals surface area contributed by atoms with E-state index >= 15 is 0 Å². The van der Waals surface area contributed by atoms with Crippen LogP contribution in [0.3, 0.4) is 0 Å². The summed E-state index contributed by atoms with van der Waals surface area (Å²) < 4.78 is 5.40. The number of terminal acetylenes is 1. The number of carbonyl (C=O) groups excluding carboxylic acids is 1. The quantitative estimate of drug-likeness (QED) is 0.553. The fraction of sp³-hybridized carbons (Fsp3) is 0.400. The Hall–Kier alpha value is -1.75. The van der Waals surface area contributed by atoms with Gasteiger partial charge in [0.15, 0.2) is 0 Å². The van der Waals surface area contributed by atoms with Crippen molar-refractivity contribution in [2.75, 3.05) is 0 Å². The van der Waals surface area contributed by atoms with Crippen LogP contribution in [0.2, 0.25) is 0 Å². The minimum atomic E-state index is -0.290. The van der Waals surface area contributed by atoms with Crippen LogP contribution in [0, 0.1) is 12.3 Å². The molecular formula is C15H18O2. The Morgan fingerprint density at radius 3 is 2.71 bits per heavy atom. The summed E-state index contributed by atoms with van der Waals surface area (Å²) >= 11 is 0. The second-order valence-corrected chi connectivity index (χ2v) is 3.94. The first kappa shape index (κ1) is 13.3. The first-order valence-corrected chi connectivity index (χ1v) is 5.97. The van der Waals surface area contributed by atoms with E-state index in [1.54, 1.807) is 12.1 Å². The van der Waals surface area contributed by atoms with Gasteiger partial charge in [-0.3, -0.25) is 0 Å². The zero-order chi connectivity index (χ0) is 12.5. The molecule has 17 heavy (non-hydrogen) atoms. The molecule has 2 heteroatoms. The number of hydrogen-bond acceptors (Lipinski definition) is 2. The zero-order valence-electron chi connectivity index (χ0n) is 10.2. The van der Waals surface area contributed by atoms with Gasteiger partial charge >= 0.3 is 5.97 Å². The first-order valence-electron chi connectivity index (χ1n) is 5.97. The average Bonchev–Trinajstić information content (AvgIpc) is 2.37. The summed E-state index contributed by atoms with van der Waals surface area (Å²) in [5, 5.41) is 0. The van der Waals surface area contributed by atoms with E-state index in [9.17, 15) is 4.79 Å². The van der Waals surface area contributed by atoms with Crippen molar-refractivity contribution in [2.24, 2.45) is 0 Å². The van der Waals surface area contributed by atoms with Crippen molar-refractivity contribution in [1.29, 1.82) is 0 Å². The fourth-order valence-electron chi connectivity index (χ4n) is 1.56. The van der Waals surface area contributed by atoms with Crippen LogP contribution in [0.25, 0.3) is 0 Å². The number of hydrogen-bond donors (Lipinski definition) is 0. The Balaban J connectivity index is 2.55. The van der Waals surface area contributed by atoms with E-state index in [1.165, 1.54) is 0 Å². The number of carbonyl (C=O) groups is 1. The molecule has 1 aromatic rings. The van der Waals surface area contributed by atoms with Crippen LogP contribution in [0.4, 0.5) is 0 Å². The molecule has 0 N–H and O–H groups in total. The molecular weight excluding hydrogens is 212 g/mol. The highest BCUT2D eigenvalue weighted by Crippen LogP contribution is 2.11. The Kier molecular flexibility index (Phi) is 5.88. The molecule has 0 saturated carbocycles. The predicted molar refractivity (Wildman–Crippen MR) is 68.6 cm³/mol. The average molecular weight is 230 g/mol. The summed E-state index contributed by atoms with van der Waals surface area (Å²) in [6, 6.07) is 8.99. The van der Waals surface area contributed by atoms with E-state index in [0.717, 1.165) is 19.3 Å². The van der Waals surface area contributed by atoms with Gasteiger partial charge in [0.25, 0.3) is 0 Å². The molecule has 0 amide bonds. The zero-order valence-corrected chi connectivity index (χ0v) is 10.2. The Morgan fingerprint density at radius 2 is 2.12 bits per heavy atom. The van der Waals surface area contributed by atoms with Crippen LogP contribution in [-0.2, 0) is 4.74 Å². The number of ether oxygens (including phenoxy) is 1. The molecule has 0 radical (unpaired) electrons. The van der Waals surface area contributed by atoms with Crippen LogP contribution >= 0.6 is 0 Å². The lowest BCUT2D eigenvalue weighted by Gasteiger charge is -2.15. The van der Waals surface area contributed by atoms with Gasteiger partial charge in [0.2, 0.25) is 0 Å². The van der Waals surface area contributed by atoms with E-state index < -0.39 is 0 Å². The minimum Gasteiger partial charge on any atom is -0.458 e. The number of esters is 1. The lowest BCUT2D eigenvalue weighted by Crippen LogP contribution is -2.17. The maximum absolute atomic E-state index is 11.8. The van der Waals surface area contributed by atoms with Gasteiger partial charge in [-0.25, -0.2) is 4.79 Å². The van der Waals surface area contributed by atoms with E-state index in [0.29, 0.717) is 12.0 Å². The van der Waals surface area contributed by atoms with Gasteiger partial charge in [-0.2, -0.15) is 0 Å². The molecule has 0 heterocycles. The second-order valence-electron chi connectivity index (χ2n) is 3.94. The van der Waals surface area contributed by atoms with Crippen molar-refractivity contribution in [2.45, 2.75) is 38.7 Å². The van der Waals surface area contributed by atoms with E-state index in [2.05, 4.69) is 12.8 Å². The SMILES string of the molecule is C#CC[C@H](CCCC)OC(=O)c1ccccc1. The van der Waals surface area contributed by atoms with Crippen molar-refractivity contribution in [1.82, 2.24) is 0 Å².